The van der Waals surface area contributed by atoms with Gasteiger partial charge >= 0.3 is 6.03 Å². The fraction of sp³-hybridized carbons (Fsp3) is 0.0625. The first-order chi connectivity index (χ1) is 20.4. The summed E-state index contributed by atoms with van der Waals surface area (Å²) in [7, 11) is 0. The van der Waals surface area contributed by atoms with Gasteiger partial charge in [-0.1, -0.05) is 60.1 Å². The van der Waals surface area contributed by atoms with Crippen molar-refractivity contribution in [2.75, 3.05) is 16.8 Å². The molecular formula is C32H24ClN3O6. The van der Waals surface area contributed by atoms with Crippen LogP contribution < -0.4 is 25.0 Å². The molecule has 42 heavy (non-hydrogen) atoms. The largest absolute Gasteiger partial charge is 0.489 e. The molecule has 0 spiro atoms. The number of urea groups is 1. The molecule has 1 aliphatic rings. The molecule has 1 aliphatic heterocycles. The van der Waals surface area contributed by atoms with Gasteiger partial charge in [-0.05, 0) is 66.2 Å². The minimum atomic E-state index is -0.889. The maximum Gasteiger partial charge on any atom is 0.335 e. The summed E-state index contributed by atoms with van der Waals surface area (Å²) in [5.74, 6) is -1.38. The molecule has 10 heteroatoms. The van der Waals surface area contributed by atoms with Crippen LogP contribution in [-0.4, -0.2) is 30.4 Å². The van der Waals surface area contributed by atoms with E-state index in [1.807, 2.05) is 36.4 Å². The molecule has 1 saturated heterocycles. The van der Waals surface area contributed by atoms with Crippen LogP contribution >= 0.6 is 11.6 Å². The number of benzene rings is 4. The van der Waals surface area contributed by atoms with E-state index in [1.165, 1.54) is 18.2 Å². The number of carbonyl (C=O) groups is 4. The van der Waals surface area contributed by atoms with Crippen LogP contribution in [0.25, 0.3) is 6.08 Å². The van der Waals surface area contributed by atoms with Gasteiger partial charge in [-0.3, -0.25) is 19.7 Å². The van der Waals surface area contributed by atoms with E-state index in [4.69, 9.17) is 21.1 Å². The summed E-state index contributed by atoms with van der Waals surface area (Å²) < 4.78 is 11.5. The average molecular weight is 582 g/mol. The molecule has 0 radical (unpaired) electrons. The van der Waals surface area contributed by atoms with Crippen molar-refractivity contribution in [3.05, 3.63) is 125 Å². The molecule has 0 aliphatic carbocycles. The van der Waals surface area contributed by atoms with Gasteiger partial charge < -0.3 is 14.8 Å². The molecule has 4 aromatic carbocycles. The summed E-state index contributed by atoms with van der Waals surface area (Å²) in [6.45, 7) is 0.0127. The second-order valence-corrected chi connectivity index (χ2v) is 9.55. The van der Waals surface area contributed by atoms with Gasteiger partial charge in [0.05, 0.1) is 5.69 Å². The quantitative estimate of drug-likeness (QED) is 0.196. The van der Waals surface area contributed by atoms with Crippen LogP contribution in [0.15, 0.2) is 109 Å². The summed E-state index contributed by atoms with van der Waals surface area (Å²) in [5, 5.41) is 5.21. The van der Waals surface area contributed by atoms with Crippen molar-refractivity contribution < 1.29 is 28.7 Å². The van der Waals surface area contributed by atoms with Crippen molar-refractivity contribution in [1.29, 1.82) is 0 Å². The number of ether oxygens (including phenoxy) is 2. The predicted octanol–water partition coefficient (Wildman–Crippen LogP) is 5.60. The number of carbonyl (C=O) groups excluding carboxylic acids is 4. The minimum absolute atomic E-state index is 0.207. The lowest BCUT2D eigenvalue weighted by molar-refractivity contribution is -0.122. The molecule has 1 heterocycles. The van der Waals surface area contributed by atoms with Crippen molar-refractivity contribution in [1.82, 2.24) is 5.32 Å². The Kier molecular flexibility index (Phi) is 8.60. The Labute approximate surface area is 246 Å². The number of rotatable bonds is 9. The number of nitrogens with zero attached hydrogens (tertiary/aromatic N) is 1. The second-order valence-electron chi connectivity index (χ2n) is 9.11. The average Bonchev–Trinajstić information content (AvgIpc) is 2.99. The monoisotopic (exact) mass is 581 g/mol. The zero-order chi connectivity index (χ0) is 29.5. The summed E-state index contributed by atoms with van der Waals surface area (Å²) in [4.78, 5) is 52.1. The predicted molar refractivity (Wildman–Crippen MR) is 158 cm³/mol. The molecule has 9 nitrogen and oxygen atoms in total. The summed E-state index contributed by atoms with van der Waals surface area (Å²) >= 11 is 6.18. The van der Waals surface area contributed by atoms with Gasteiger partial charge in [-0.2, -0.15) is 0 Å². The normalized spacial score (nSPS) is 14.0. The highest BCUT2D eigenvalue weighted by atomic mass is 35.5. The van der Waals surface area contributed by atoms with E-state index in [1.54, 1.807) is 54.6 Å². The molecule has 210 valence electrons. The highest BCUT2D eigenvalue weighted by Gasteiger charge is 2.37. The third-order valence-electron chi connectivity index (χ3n) is 6.13. The van der Waals surface area contributed by atoms with E-state index >= 15 is 0 Å². The first-order valence-corrected chi connectivity index (χ1v) is 13.2. The topological polar surface area (TPSA) is 114 Å². The molecule has 4 aromatic rings. The van der Waals surface area contributed by atoms with Crippen LogP contribution in [-0.2, 0) is 21.0 Å². The Morgan fingerprint density at radius 2 is 1.55 bits per heavy atom. The van der Waals surface area contributed by atoms with E-state index in [-0.39, 0.29) is 29.2 Å². The van der Waals surface area contributed by atoms with E-state index in [2.05, 4.69) is 10.6 Å². The maximum atomic E-state index is 13.4. The lowest BCUT2D eigenvalue weighted by Crippen LogP contribution is -2.54. The van der Waals surface area contributed by atoms with Gasteiger partial charge in [0.1, 0.15) is 23.7 Å². The molecule has 0 atom stereocenters. The van der Waals surface area contributed by atoms with E-state index < -0.39 is 23.8 Å². The molecule has 5 rings (SSSR count). The van der Waals surface area contributed by atoms with Crippen LogP contribution in [0.2, 0.25) is 5.02 Å². The van der Waals surface area contributed by atoms with Gasteiger partial charge in [0.2, 0.25) is 0 Å². The third kappa shape index (κ3) is 6.83. The zero-order valence-electron chi connectivity index (χ0n) is 22.1. The van der Waals surface area contributed by atoms with Crippen LogP contribution in [0.3, 0.4) is 0 Å². The highest BCUT2D eigenvalue weighted by Crippen LogP contribution is 2.29. The molecular weight excluding hydrogens is 558 g/mol. The first kappa shape index (κ1) is 28.1. The Morgan fingerprint density at radius 1 is 0.857 bits per heavy atom. The number of imide groups is 2. The van der Waals surface area contributed by atoms with E-state index in [9.17, 15) is 19.2 Å². The number of hydrogen-bond donors (Lipinski definition) is 2. The number of hydrogen-bond acceptors (Lipinski definition) is 6. The Balaban J connectivity index is 1.32. The minimum Gasteiger partial charge on any atom is -0.489 e. The van der Waals surface area contributed by atoms with E-state index in [0.717, 1.165) is 10.5 Å². The Morgan fingerprint density at radius 3 is 2.26 bits per heavy atom. The molecule has 0 saturated carbocycles. The van der Waals surface area contributed by atoms with Gasteiger partial charge in [-0.25, -0.2) is 9.69 Å². The molecule has 0 aromatic heterocycles. The Hall–Kier alpha value is -5.41. The third-order valence-corrected chi connectivity index (χ3v) is 6.37. The summed E-state index contributed by atoms with van der Waals surface area (Å²) in [5.41, 5.74) is 1.78. The smallest absolute Gasteiger partial charge is 0.335 e. The van der Waals surface area contributed by atoms with Crippen LogP contribution in [0.4, 0.5) is 16.2 Å². The van der Waals surface area contributed by atoms with Crippen molar-refractivity contribution in [3.63, 3.8) is 0 Å². The van der Waals surface area contributed by atoms with E-state index in [0.29, 0.717) is 23.1 Å². The van der Waals surface area contributed by atoms with Gasteiger partial charge in [0, 0.05) is 16.3 Å². The van der Waals surface area contributed by atoms with Crippen molar-refractivity contribution in [3.8, 4) is 11.5 Å². The molecule has 1 fully saturated rings. The molecule has 5 amide bonds. The summed E-state index contributed by atoms with van der Waals surface area (Å²) in [6.07, 6.45) is 1.27. The fourth-order valence-corrected chi connectivity index (χ4v) is 4.29. The van der Waals surface area contributed by atoms with Gasteiger partial charge in [0.25, 0.3) is 17.7 Å². The zero-order valence-corrected chi connectivity index (χ0v) is 22.8. The molecule has 2 N–H and O–H groups in total. The van der Waals surface area contributed by atoms with Crippen molar-refractivity contribution in [2.24, 2.45) is 0 Å². The highest BCUT2D eigenvalue weighted by molar-refractivity contribution is 6.39. The Bertz CT molecular complexity index is 1660. The number of barbiturate groups is 1. The van der Waals surface area contributed by atoms with Gasteiger partial charge in [0.15, 0.2) is 6.61 Å². The van der Waals surface area contributed by atoms with Crippen molar-refractivity contribution in [2.45, 2.75) is 6.61 Å². The number of nitrogens with one attached hydrogen (secondary N) is 2. The number of halogens is 1. The van der Waals surface area contributed by atoms with Crippen LogP contribution in [0, 0.1) is 0 Å². The SMILES string of the molecule is O=C(COc1ccc(Cl)cc1/C=C1\C(=O)NC(=O)N(c2ccc(OCc3ccccc3)cc2)C1=O)Nc1ccccc1. The number of para-hydroxylation sites is 1. The number of amides is 5. The molecule has 0 unspecified atom stereocenters. The fourth-order valence-electron chi connectivity index (χ4n) is 4.11. The maximum absolute atomic E-state index is 13.4. The molecule has 0 bridgehead atoms. The van der Waals surface area contributed by atoms with Crippen LogP contribution in [0.1, 0.15) is 11.1 Å². The number of anilines is 2. The first-order valence-electron chi connectivity index (χ1n) is 12.8. The lowest BCUT2D eigenvalue weighted by atomic mass is 10.1. The van der Waals surface area contributed by atoms with Gasteiger partial charge in [-0.15, -0.1) is 0 Å². The second kappa shape index (κ2) is 12.8. The van der Waals surface area contributed by atoms with Crippen molar-refractivity contribution >= 4 is 52.8 Å². The summed E-state index contributed by atoms with van der Waals surface area (Å²) in [6, 6.07) is 28.5. The standard InChI is InChI=1S/C32H24ClN3O6/c33-23-11-16-28(42-20-29(37)34-24-9-5-2-6-10-24)22(17-23)18-27-30(38)35-32(40)36(31(27)39)25-12-14-26(15-13-25)41-19-21-7-3-1-4-8-21/h1-18H,19-20H2,(H,34,37)(H,35,38,40)/b27-18+. The van der Waals surface area contributed by atoms with Crippen LogP contribution in [0.5, 0.6) is 11.5 Å². The lowest BCUT2D eigenvalue weighted by Gasteiger charge is -2.26.